The molecule has 1 aromatic carbocycles. The van der Waals surface area contributed by atoms with Crippen LogP contribution >= 0.6 is 0 Å². The Kier molecular flexibility index (Phi) is 5.41. The lowest BCUT2D eigenvalue weighted by atomic mass is 9.81. The van der Waals surface area contributed by atoms with E-state index in [4.69, 9.17) is 4.43 Å². The van der Waals surface area contributed by atoms with Crippen LogP contribution in [0.1, 0.15) is 39.7 Å². The van der Waals surface area contributed by atoms with Crippen molar-refractivity contribution in [2.24, 2.45) is 0 Å². The van der Waals surface area contributed by atoms with Gasteiger partial charge in [0.15, 0.2) is 0 Å². The Bertz CT molecular complexity index is 522. The number of nitriles is 1. The van der Waals surface area contributed by atoms with Gasteiger partial charge in [0, 0.05) is 0 Å². The first kappa shape index (κ1) is 17.5. The third kappa shape index (κ3) is 4.47. The molecule has 114 valence electrons. The molecule has 0 spiro atoms. The van der Waals surface area contributed by atoms with Crippen LogP contribution in [0.5, 0.6) is 0 Å². The Labute approximate surface area is 130 Å². The van der Waals surface area contributed by atoms with Crippen LogP contribution in [0.15, 0.2) is 42.7 Å². The Morgan fingerprint density at radius 3 is 2.19 bits per heavy atom. The molecule has 1 rings (SSSR count). The van der Waals surface area contributed by atoms with E-state index in [-0.39, 0.29) is 5.04 Å². The molecule has 0 saturated carbocycles. The molecule has 1 atom stereocenters. The summed E-state index contributed by atoms with van der Waals surface area (Å²) >= 11 is 0. The van der Waals surface area contributed by atoms with Crippen LogP contribution in [0.3, 0.4) is 0 Å². The van der Waals surface area contributed by atoms with Crippen LogP contribution < -0.4 is 0 Å². The first-order chi connectivity index (χ1) is 9.62. The van der Waals surface area contributed by atoms with E-state index >= 15 is 0 Å². The molecular weight excluding hydrogens is 274 g/mol. The number of hydrogen-bond donors (Lipinski definition) is 0. The zero-order valence-electron chi connectivity index (χ0n) is 14.1. The lowest BCUT2D eigenvalue weighted by Gasteiger charge is -2.35. The molecule has 0 bridgehead atoms. The number of nitrogens with zero attached hydrogens (tertiary/aromatic N) is 1. The highest BCUT2D eigenvalue weighted by Gasteiger charge is 2.38. The van der Waals surface area contributed by atoms with Gasteiger partial charge in [-0.2, -0.15) is 5.26 Å². The van der Waals surface area contributed by atoms with Crippen molar-refractivity contribution in [3.8, 4) is 6.07 Å². The summed E-state index contributed by atoms with van der Waals surface area (Å²) in [7, 11) is -1.76. The molecule has 1 unspecified atom stereocenters. The summed E-state index contributed by atoms with van der Waals surface area (Å²) in [5, 5.41) is 9.70. The van der Waals surface area contributed by atoms with E-state index in [1.807, 2.05) is 43.3 Å². The monoisotopic (exact) mass is 301 g/mol. The van der Waals surface area contributed by atoms with E-state index in [1.165, 1.54) is 0 Å². The average Bonchev–Trinajstić information content (AvgIpc) is 2.43. The molecule has 0 fully saturated rings. The summed E-state index contributed by atoms with van der Waals surface area (Å²) < 4.78 is 6.02. The van der Waals surface area contributed by atoms with E-state index in [1.54, 1.807) is 6.26 Å². The molecular formula is C18H27NOSi. The van der Waals surface area contributed by atoms with Crippen molar-refractivity contribution in [1.82, 2.24) is 0 Å². The maximum atomic E-state index is 9.51. The molecule has 0 N–H and O–H groups in total. The molecule has 0 aliphatic rings. The number of hydrogen-bond acceptors (Lipinski definition) is 2. The van der Waals surface area contributed by atoms with E-state index in [0.29, 0.717) is 6.42 Å². The highest BCUT2D eigenvalue weighted by molar-refractivity contribution is 6.74. The molecule has 0 aromatic heterocycles. The van der Waals surface area contributed by atoms with Crippen LogP contribution in [0, 0.1) is 11.3 Å². The highest BCUT2D eigenvalue weighted by Crippen LogP contribution is 2.36. The van der Waals surface area contributed by atoms with Crippen molar-refractivity contribution in [2.75, 3.05) is 0 Å². The standard InChI is InChI=1S/C18H27NOSi/c1-17(2,3)21(5,6)20-14-10-13-18(4,15-19)16-11-8-7-9-12-16/h7-12,14H,13H2,1-6H3/b14-10-. The molecule has 3 heteroatoms. The van der Waals surface area contributed by atoms with Gasteiger partial charge in [0.25, 0.3) is 0 Å². The Morgan fingerprint density at radius 1 is 1.14 bits per heavy atom. The molecule has 0 amide bonds. The van der Waals surface area contributed by atoms with Crippen LogP contribution in [0.25, 0.3) is 0 Å². The van der Waals surface area contributed by atoms with Gasteiger partial charge in [0.2, 0.25) is 8.32 Å². The minimum absolute atomic E-state index is 0.190. The number of allylic oxidation sites excluding steroid dienone is 1. The Morgan fingerprint density at radius 2 is 1.71 bits per heavy atom. The molecule has 2 nitrogen and oxygen atoms in total. The average molecular weight is 302 g/mol. The van der Waals surface area contributed by atoms with Crippen molar-refractivity contribution in [3.63, 3.8) is 0 Å². The lowest BCUT2D eigenvalue weighted by molar-refractivity contribution is 0.426. The van der Waals surface area contributed by atoms with E-state index < -0.39 is 13.7 Å². The second-order valence-corrected chi connectivity index (χ2v) is 12.0. The molecule has 0 heterocycles. The Balaban J connectivity index is 2.74. The fourth-order valence-electron chi connectivity index (χ4n) is 1.71. The largest absolute Gasteiger partial charge is 0.549 e. The molecule has 21 heavy (non-hydrogen) atoms. The highest BCUT2D eigenvalue weighted by atomic mass is 28.4. The van der Waals surface area contributed by atoms with Gasteiger partial charge in [0.05, 0.1) is 17.7 Å². The summed E-state index contributed by atoms with van der Waals surface area (Å²) in [5.41, 5.74) is 0.540. The van der Waals surface area contributed by atoms with Gasteiger partial charge in [-0.05, 0) is 43.1 Å². The van der Waals surface area contributed by atoms with Gasteiger partial charge in [0.1, 0.15) is 0 Å². The topological polar surface area (TPSA) is 33.0 Å². The maximum Gasteiger partial charge on any atom is 0.249 e. The first-order valence-electron chi connectivity index (χ1n) is 7.42. The van der Waals surface area contributed by atoms with Gasteiger partial charge < -0.3 is 4.43 Å². The molecule has 0 radical (unpaired) electrons. The summed E-state index contributed by atoms with van der Waals surface area (Å²) in [6.45, 7) is 13.1. The van der Waals surface area contributed by atoms with Crippen LogP contribution in [-0.2, 0) is 9.84 Å². The third-order valence-corrected chi connectivity index (χ3v) is 8.79. The van der Waals surface area contributed by atoms with Gasteiger partial charge in [-0.1, -0.05) is 51.1 Å². The second kappa shape index (κ2) is 6.49. The first-order valence-corrected chi connectivity index (χ1v) is 10.3. The molecule has 1 aromatic rings. The van der Waals surface area contributed by atoms with Crippen molar-refractivity contribution in [1.29, 1.82) is 5.26 Å². The fraction of sp³-hybridized carbons (Fsp3) is 0.500. The van der Waals surface area contributed by atoms with Crippen LogP contribution in [0.4, 0.5) is 0 Å². The molecule has 0 aliphatic heterocycles. The van der Waals surface area contributed by atoms with Crippen molar-refractivity contribution in [2.45, 2.75) is 57.7 Å². The second-order valence-electron chi connectivity index (χ2n) is 7.26. The third-order valence-electron chi connectivity index (χ3n) is 4.45. The Hall–Kier alpha value is -1.53. The van der Waals surface area contributed by atoms with Crippen molar-refractivity contribution < 1.29 is 4.43 Å². The molecule has 0 aliphatic carbocycles. The van der Waals surface area contributed by atoms with Gasteiger partial charge in [-0.3, -0.25) is 0 Å². The summed E-state index contributed by atoms with van der Waals surface area (Å²) in [4.78, 5) is 0. The molecule has 0 saturated heterocycles. The minimum atomic E-state index is -1.76. The SMILES string of the molecule is CC(C#N)(C/C=C\O[Si](C)(C)C(C)(C)C)c1ccccc1. The fourth-order valence-corrected chi connectivity index (χ4v) is 2.50. The van der Waals surface area contributed by atoms with E-state index in [0.717, 1.165) is 5.56 Å². The predicted molar refractivity (Wildman–Crippen MR) is 91.4 cm³/mol. The quantitative estimate of drug-likeness (QED) is 0.539. The normalized spacial score (nSPS) is 15.5. The predicted octanol–water partition coefficient (Wildman–Crippen LogP) is 5.39. The van der Waals surface area contributed by atoms with E-state index in [9.17, 15) is 5.26 Å². The number of benzene rings is 1. The van der Waals surface area contributed by atoms with Crippen molar-refractivity contribution >= 4 is 8.32 Å². The minimum Gasteiger partial charge on any atom is -0.549 e. The van der Waals surface area contributed by atoms with Gasteiger partial charge in [-0.25, -0.2) is 0 Å². The number of rotatable bonds is 5. The maximum absolute atomic E-state index is 9.51. The summed E-state index contributed by atoms with van der Waals surface area (Å²) in [6, 6.07) is 12.4. The van der Waals surface area contributed by atoms with Crippen molar-refractivity contribution in [3.05, 3.63) is 48.2 Å². The zero-order chi connectivity index (χ0) is 16.1. The van der Waals surface area contributed by atoms with Crippen LogP contribution in [0.2, 0.25) is 18.1 Å². The summed E-state index contributed by atoms with van der Waals surface area (Å²) in [6.07, 6.45) is 4.44. The van der Waals surface area contributed by atoms with Gasteiger partial charge >= 0.3 is 0 Å². The van der Waals surface area contributed by atoms with Crippen LogP contribution in [-0.4, -0.2) is 8.32 Å². The van der Waals surface area contributed by atoms with Gasteiger partial charge in [-0.15, -0.1) is 0 Å². The smallest absolute Gasteiger partial charge is 0.249 e. The van der Waals surface area contributed by atoms with E-state index in [2.05, 4.69) is 39.9 Å². The summed E-state index contributed by atoms with van der Waals surface area (Å²) in [5.74, 6) is 0. The lowest BCUT2D eigenvalue weighted by Crippen LogP contribution is -2.39. The zero-order valence-corrected chi connectivity index (χ0v) is 15.1.